The summed E-state index contributed by atoms with van der Waals surface area (Å²) in [6.07, 6.45) is 0. The number of hydrogen-bond acceptors (Lipinski definition) is 4. The Morgan fingerprint density at radius 3 is 2.42 bits per heavy atom. The van der Waals surface area contributed by atoms with Gasteiger partial charge >= 0.3 is 5.97 Å². The molecule has 0 aliphatic heterocycles. The van der Waals surface area contributed by atoms with Crippen molar-refractivity contribution in [2.45, 2.75) is 19.9 Å². The Labute approximate surface area is 115 Å². The highest BCUT2D eigenvalue weighted by Gasteiger charge is 2.17. The van der Waals surface area contributed by atoms with E-state index in [9.17, 15) is 4.79 Å². The number of esters is 1. The average molecular weight is 264 g/mol. The number of carbonyl (C=O) groups excluding carboxylic acids is 1. The smallest absolute Gasteiger partial charge is 0.319 e. The quantitative estimate of drug-likeness (QED) is 0.727. The van der Waals surface area contributed by atoms with Gasteiger partial charge in [-0.05, 0) is 18.7 Å². The minimum absolute atomic E-state index is 0.230. The van der Waals surface area contributed by atoms with Gasteiger partial charge in [0.2, 0.25) is 0 Å². The maximum atomic E-state index is 11.1. The van der Waals surface area contributed by atoms with Crippen LogP contribution < -0.4 is 5.32 Å². The maximum absolute atomic E-state index is 11.1. The topological polar surface area (TPSA) is 41.6 Å². The summed E-state index contributed by atoms with van der Waals surface area (Å²) in [5.74, 6) is -0.230. The van der Waals surface area contributed by atoms with Crippen molar-refractivity contribution in [3.63, 3.8) is 0 Å². The lowest BCUT2D eigenvalue weighted by atomic mass is 10.1. The Morgan fingerprint density at radius 2 is 1.89 bits per heavy atom. The Balaban J connectivity index is 2.68. The van der Waals surface area contributed by atoms with E-state index in [0.717, 1.165) is 19.6 Å². The van der Waals surface area contributed by atoms with E-state index in [4.69, 9.17) is 0 Å². The van der Waals surface area contributed by atoms with Crippen LogP contribution in [-0.2, 0) is 9.53 Å². The molecule has 1 atom stereocenters. The van der Waals surface area contributed by atoms with Gasteiger partial charge in [-0.3, -0.25) is 9.69 Å². The van der Waals surface area contributed by atoms with Gasteiger partial charge in [0, 0.05) is 12.6 Å². The minimum atomic E-state index is -0.230. The van der Waals surface area contributed by atoms with Crippen molar-refractivity contribution in [3.05, 3.63) is 35.9 Å². The van der Waals surface area contributed by atoms with Gasteiger partial charge in [0.25, 0.3) is 0 Å². The summed E-state index contributed by atoms with van der Waals surface area (Å²) in [6, 6.07) is 10.6. The molecule has 0 aromatic heterocycles. The molecule has 4 heteroatoms. The molecule has 0 aliphatic carbocycles. The zero-order valence-electron chi connectivity index (χ0n) is 12.1. The van der Waals surface area contributed by atoms with Crippen LogP contribution in [0.25, 0.3) is 0 Å². The standard InChI is InChI=1S/C15H24N2O2/c1-4-17(5-2)14(11-16-12-15(18)19-3)13-9-7-6-8-10-13/h6-10,14,16H,4-5,11-12H2,1-3H3. The maximum Gasteiger partial charge on any atom is 0.319 e. The van der Waals surface area contributed by atoms with Gasteiger partial charge in [0.15, 0.2) is 0 Å². The predicted molar refractivity (Wildman–Crippen MR) is 77.0 cm³/mol. The SMILES string of the molecule is CCN(CC)C(CNCC(=O)OC)c1ccccc1. The van der Waals surface area contributed by atoms with Crippen LogP contribution in [0.15, 0.2) is 30.3 Å². The van der Waals surface area contributed by atoms with Crippen molar-refractivity contribution < 1.29 is 9.53 Å². The van der Waals surface area contributed by atoms with Gasteiger partial charge in [0.1, 0.15) is 0 Å². The number of nitrogens with zero attached hydrogens (tertiary/aromatic N) is 1. The van der Waals surface area contributed by atoms with E-state index in [1.807, 2.05) is 18.2 Å². The number of rotatable bonds is 8. The second kappa shape index (κ2) is 8.67. The first-order valence-electron chi connectivity index (χ1n) is 6.79. The molecule has 1 rings (SSSR count). The number of carbonyl (C=O) groups is 1. The zero-order chi connectivity index (χ0) is 14.1. The summed E-state index contributed by atoms with van der Waals surface area (Å²) in [7, 11) is 1.41. The van der Waals surface area contributed by atoms with Crippen LogP contribution in [0.5, 0.6) is 0 Å². The molecule has 1 unspecified atom stereocenters. The number of nitrogens with one attached hydrogen (secondary N) is 1. The summed E-state index contributed by atoms with van der Waals surface area (Å²) >= 11 is 0. The molecule has 4 nitrogen and oxygen atoms in total. The summed E-state index contributed by atoms with van der Waals surface area (Å²) < 4.78 is 4.64. The molecule has 19 heavy (non-hydrogen) atoms. The Kier molecular flexibility index (Phi) is 7.15. The number of methoxy groups -OCH3 is 1. The Bertz CT molecular complexity index is 364. The van der Waals surface area contributed by atoms with Gasteiger partial charge in [0.05, 0.1) is 13.7 Å². The van der Waals surface area contributed by atoms with Crippen LogP contribution >= 0.6 is 0 Å². The molecular weight excluding hydrogens is 240 g/mol. The van der Waals surface area contributed by atoms with E-state index in [2.05, 4.69) is 40.9 Å². The largest absolute Gasteiger partial charge is 0.468 e. The fourth-order valence-electron chi connectivity index (χ4n) is 2.18. The zero-order valence-corrected chi connectivity index (χ0v) is 12.1. The molecule has 0 amide bonds. The molecule has 1 aromatic carbocycles. The molecule has 106 valence electrons. The lowest BCUT2D eigenvalue weighted by Crippen LogP contribution is -2.37. The first-order chi connectivity index (χ1) is 9.22. The second-order valence-corrected chi connectivity index (χ2v) is 4.35. The molecule has 0 spiro atoms. The molecule has 0 aliphatic rings. The van der Waals surface area contributed by atoms with E-state index < -0.39 is 0 Å². The fourth-order valence-corrected chi connectivity index (χ4v) is 2.18. The molecule has 0 saturated heterocycles. The van der Waals surface area contributed by atoms with Crippen LogP contribution in [0.4, 0.5) is 0 Å². The van der Waals surface area contributed by atoms with Crippen molar-refractivity contribution in [2.24, 2.45) is 0 Å². The van der Waals surface area contributed by atoms with Crippen molar-refractivity contribution >= 4 is 5.97 Å². The molecule has 1 N–H and O–H groups in total. The number of ether oxygens (including phenoxy) is 1. The summed E-state index contributed by atoms with van der Waals surface area (Å²) in [4.78, 5) is 13.5. The highest BCUT2D eigenvalue weighted by atomic mass is 16.5. The molecule has 1 aromatic rings. The molecular formula is C15H24N2O2. The molecule has 0 radical (unpaired) electrons. The molecule has 0 saturated carbocycles. The lowest BCUT2D eigenvalue weighted by Gasteiger charge is -2.30. The van der Waals surface area contributed by atoms with Gasteiger partial charge in [-0.15, -0.1) is 0 Å². The van der Waals surface area contributed by atoms with Crippen LogP contribution in [0.1, 0.15) is 25.5 Å². The number of likely N-dealkylation sites (N-methyl/N-ethyl adjacent to an activating group) is 1. The van der Waals surface area contributed by atoms with Crippen molar-refractivity contribution in [1.82, 2.24) is 10.2 Å². The Hall–Kier alpha value is -1.39. The first kappa shape index (κ1) is 15.7. The van der Waals surface area contributed by atoms with Crippen molar-refractivity contribution in [2.75, 3.05) is 33.3 Å². The van der Waals surface area contributed by atoms with Crippen molar-refractivity contribution in [1.29, 1.82) is 0 Å². The molecule has 0 heterocycles. The normalized spacial score (nSPS) is 12.4. The van der Waals surface area contributed by atoms with Gasteiger partial charge < -0.3 is 10.1 Å². The third-order valence-electron chi connectivity index (χ3n) is 3.27. The summed E-state index contributed by atoms with van der Waals surface area (Å²) in [5, 5.41) is 3.17. The van der Waals surface area contributed by atoms with E-state index in [1.165, 1.54) is 12.7 Å². The predicted octanol–water partition coefficient (Wildman–Crippen LogP) is 1.83. The van der Waals surface area contributed by atoms with E-state index >= 15 is 0 Å². The van der Waals surface area contributed by atoms with E-state index in [-0.39, 0.29) is 18.6 Å². The molecule has 0 fully saturated rings. The first-order valence-corrected chi connectivity index (χ1v) is 6.79. The monoisotopic (exact) mass is 264 g/mol. The summed E-state index contributed by atoms with van der Waals surface area (Å²) in [6.45, 7) is 7.26. The number of benzene rings is 1. The Morgan fingerprint density at radius 1 is 1.26 bits per heavy atom. The highest BCUT2D eigenvalue weighted by molar-refractivity contribution is 5.71. The van der Waals surface area contributed by atoms with Crippen LogP contribution in [0, 0.1) is 0 Å². The van der Waals surface area contributed by atoms with Gasteiger partial charge in [-0.25, -0.2) is 0 Å². The molecule has 0 bridgehead atoms. The van der Waals surface area contributed by atoms with Gasteiger partial charge in [-0.1, -0.05) is 44.2 Å². The van der Waals surface area contributed by atoms with Crippen LogP contribution in [0.3, 0.4) is 0 Å². The minimum Gasteiger partial charge on any atom is -0.468 e. The van der Waals surface area contributed by atoms with Crippen molar-refractivity contribution in [3.8, 4) is 0 Å². The second-order valence-electron chi connectivity index (χ2n) is 4.35. The highest BCUT2D eigenvalue weighted by Crippen LogP contribution is 2.19. The van der Waals surface area contributed by atoms with Crippen LogP contribution in [0.2, 0.25) is 0 Å². The van der Waals surface area contributed by atoms with E-state index in [1.54, 1.807) is 0 Å². The number of hydrogen-bond donors (Lipinski definition) is 1. The third-order valence-corrected chi connectivity index (χ3v) is 3.27. The van der Waals surface area contributed by atoms with E-state index in [0.29, 0.717) is 0 Å². The summed E-state index contributed by atoms with van der Waals surface area (Å²) in [5.41, 5.74) is 1.27. The average Bonchev–Trinajstić information content (AvgIpc) is 2.47. The van der Waals surface area contributed by atoms with Gasteiger partial charge in [-0.2, -0.15) is 0 Å². The van der Waals surface area contributed by atoms with Crippen LogP contribution in [-0.4, -0.2) is 44.2 Å². The third kappa shape index (κ3) is 5.01. The fraction of sp³-hybridized carbons (Fsp3) is 0.533. The lowest BCUT2D eigenvalue weighted by molar-refractivity contribution is -0.139.